The fourth-order valence-corrected chi connectivity index (χ4v) is 1.42. The number of ether oxygens (including phenoxy) is 2. The van der Waals surface area contributed by atoms with Crippen molar-refractivity contribution in [3.05, 3.63) is 12.2 Å². The van der Waals surface area contributed by atoms with Gasteiger partial charge in [-0.2, -0.15) is 0 Å². The van der Waals surface area contributed by atoms with Gasteiger partial charge in [-0.1, -0.05) is 13.5 Å². The summed E-state index contributed by atoms with van der Waals surface area (Å²) in [5.74, 6) is -0.318. The zero-order valence-electron chi connectivity index (χ0n) is 8.75. The van der Waals surface area contributed by atoms with Crippen LogP contribution in [0.1, 0.15) is 32.6 Å². The molecule has 0 aromatic heterocycles. The molecular formula is C11H18O3. The third-order valence-corrected chi connectivity index (χ3v) is 2.39. The Morgan fingerprint density at radius 3 is 3.00 bits per heavy atom. The van der Waals surface area contributed by atoms with Crippen molar-refractivity contribution < 1.29 is 14.3 Å². The predicted octanol–water partition coefficient (Wildman–Crippen LogP) is 2.06. The largest absolute Gasteiger partial charge is 0.462 e. The van der Waals surface area contributed by atoms with Gasteiger partial charge in [-0.25, -0.2) is 4.79 Å². The smallest absolute Gasteiger partial charge is 0.335 e. The molecule has 1 aliphatic rings. The quantitative estimate of drug-likeness (QED) is 0.478. The first-order valence-corrected chi connectivity index (χ1v) is 5.20. The van der Waals surface area contributed by atoms with E-state index in [9.17, 15) is 4.79 Å². The molecule has 14 heavy (non-hydrogen) atoms. The normalized spacial score (nSPS) is 25.6. The highest BCUT2D eigenvalue weighted by Gasteiger charge is 2.14. The Kier molecular flexibility index (Phi) is 4.66. The molecule has 0 bridgehead atoms. The molecule has 1 fully saturated rings. The van der Waals surface area contributed by atoms with E-state index < -0.39 is 0 Å². The molecule has 0 N–H and O–H groups in total. The highest BCUT2D eigenvalue weighted by molar-refractivity contribution is 5.87. The molecule has 1 unspecified atom stereocenters. The van der Waals surface area contributed by atoms with Crippen molar-refractivity contribution in [2.45, 2.75) is 38.7 Å². The van der Waals surface area contributed by atoms with E-state index in [1.54, 1.807) is 0 Å². The minimum absolute atomic E-state index is 0.262. The van der Waals surface area contributed by atoms with Crippen molar-refractivity contribution in [2.75, 3.05) is 13.2 Å². The molecule has 0 amide bonds. The van der Waals surface area contributed by atoms with Crippen LogP contribution in [0.3, 0.4) is 0 Å². The topological polar surface area (TPSA) is 35.5 Å². The second-order valence-corrected chi connectivity index (χ2v) is 3.58. The predicted molar refractivity (Wildman–Crippen MR) is 54.0 cm³/mol. The van der Waals surface area contributed by atoms with Crippen molar-refractivity contribution in [1.82, 2.24) is 0 Å². The van der Waals surface area contributed by atoms with Crippen LogP contribution in [0.25, 0.3) is 0 Å². The molecule has 1 saturated heterocycles. The van der Waals surface area contributed by atoms with E-state index in [1.165, 1.54) is 0 Å². The van der Waals surface area contributed by atoms with Crippen LogP contribution in [-0.2, 0) is 14.3 Å². The minimum Gasteiger partial charge on any atom is -0.462 e. The molecule has 1 heterocycles. The molecule has 0 spiro atoms. The lowest BCUT2D eigenvalue weighted by atomic mass is 10.1. The van der Waals surface area contributed by atoms with E-state index in [-0.39, 0.29) is 12.1 Å². The minimum atomic E-state index is -0.318. The number of cyclic esters (lactones) is 1. The summed E-state index contributed by atoms with van der Waals surface area (Å²) in [5, 5.41) is 0. The summed E-state index contributed by atoms with van der Waals surface area (Å²) in [5.41, 5.74) is 0.422. The van der Waals surface area contributed by atoms with Crippen LogP contribution in [0.5, 0.6) is 0 Å². The van der Waals surface area contributed by atoms with Crippen molar-refractivity contribution in [3.8, 4) is 0 Å². The molecule has 0 aromatic rings. The summed E-state index contributed by atoms with van der Waals surface area (Å²) in [6, 6.07) is 0. The third-order valence-electron chi connectivity index (χ3n) is 2.39. The summed E-state index contributed by atoms with van der Waals surface area (Å²) in [6.45, 7) is 6.54. The molecule has 3 nitrogen and oxygen atoms in total. The molecule has 1 atom stereocenters. The number of carbonyl (C=O) groups excluding carboxylic acids is 1. The zero-order valence-corrected chi connectivity index (χ0v) is 8.75. The van der Waals surface area contributed by atoms with Gasteiger partial charge in [0.2, 0.25) is 0 Å². The Balaban J connectivity index is 2.46. The first-order chi connectivity index (χ1) is 6.74. The van der Waals surface area contributed by atoms with Gasteiger partial charge >= 0.3 is 5.97 Å². The van der Waals surface area contributed by atoms with Crippen molar-refractivity contribution >= 4 is 5.97 Å². The Bertz CT molecular complexity index is 211. The Hall–Kier alpha value is -0.830. The van der Waals surface area contributed by atoms with Crippen molar-refractivity contribution in [1.29, 1.82) is 0 Å². The first kappa shape index (κ1) is 11.2. The fourth-order valence-electron chi connectivity index (χ4n) is 1.42. The number of carbonyl (C=O) groups is 1. The molecule has 80 valence electrons. The van der Waals surface area contributed by atoms with E-state index in [1.807, 2.05) is 0 Å². The van der Waals surface area contributed by atoms with Gasteiger partial charge in [0.25, 0.3) is 0 Å². The zero-order chi connectivity index (χ0) is 10.4. The Labute approximate surface area is 85.1 Å². The monoisotopic (exact) mass is 198 g/mol. The summed E-state index contributed by atoms with van der Waals surface area (Å²) in [4.78, 5) is 11.2. The van der Waals surface area contributed by atoms with E-state index in [0.29, 0.717) is 18.8 Å². The number of hydrogen-bond acceptors (Lipinski definition) is 3. The maximum atomic E-state index is 11.2. The summed E-state index contributed by atoms with van der Waals surface area (Å²) in [7, 11) is 0. The second kappa shape index (κ2) is 5.81. The fraction of sp³-hybridized carbons (Fsp3) is 0.727. The van der Waals surface area contributed by atoms with Crippen LogP contribution < -0.4 is 0 Å². The average Bonchev–Trinajstić information content (AvgIpc) is 2.20. The van der Waals surface area contributed by atoms with Gasteiger partial charge in [-0.3, -0.25) is 0 Å². The van der Waals surface area contributed by atoms with Gasteiger partial charge in [0.15, 0.2) is 0 Å². The van der Waals surface area contributed by atoms with Crippen molar-refractivity contribution in [2.24, 2.45) is 0 Å². The van der Waals surface area contributed by atoms with Gasteiger partial charge < -0.3 is 9.47 Å². The van der Waals surface area contributed by atoms with Gasteiger partial charge in [-0.15, -0.1) is 0 Å². The van der Waals surface area contributed by atoms with E-state index in [4.69, 9.17) is 9.47 Å². The molecule has 1 rings (SSSR count). The molecule has 0 radical (unpaired) electrons. The van der Waals surface area contributed by atoms with E-state index in [0.717, 1.165) is 25.7 Å². The summed E-state index contributed by atoms with van der Waals surface area (Å²) >= 11 is 0. The number of esters is 1. The average molecular weight is 198 g/mol. The maximum absolute atomic E-state index is 11.2. The van der Waals surface area contributed by atoms with Gasteiger partial charge in [0, 0.05) is 0 Å². The first-order valence-electron chi connectivity index (χ1n) is 5.20. The van der Waals surface area contributed by atoms with Crippen molar-refractivity contribution in [3.63, 3.8) is 0 Å². The molecular weight excluding hydrogens is 180 g/mol. The molecule has 1 aliphatic heterocycles. The van der Waals surface area contributed by atoms with Crippen LogP contribution in [0.15, 0.2) is 12.2 Å². The van der Waals surface area contributed by atoms with E-state index >= 15 is 0 Å². The standard InChI is InChI=1S/C11H18O3/c1-3-10-6-4-5-7-13-11(12)9(2)8-14-10/h10H,2-8H2,1H3. The van der Waals surface area contributed by atoms with Gasteiger partial charge in [-0.05, 0) is 25.7 Å². The summed E-state index contributed by atoms with van der Waals surface area (Å²) in [6.07, 6.45) is 4.26. The Morgan fingerprint density at radius 1 is 1.50 bits per heavy atom. The third kappa shape index (κ3) is 3.50. The molecule has 0 aliphatic carbocycles. The van der Waals surface area contributed by atoms with Crippen LogP contribution >= 0.6 is 0 Å². The van der Waals surface area contributed by atoms with Crippen LogP contribution in [0, 0.1) is 0 Å². The highest BCUT2D eigenvalue weighted by atomic mass is 16.5. The lowest BCUT2D eigenvalue weighted by Gasteiger charge is -2.18. The second-order valence-electron chi connectivity index (χ2n) is 3.58. The lowest BCUT2D eigenvalue weighted by Crippen LogP contribution is -2.20. The van der Waals surface area contributed by atoms with Gasteiger partial charge in [0.1, 0.15) is 0 Å². The maximum Gasteiger partial charge on any atom is 0.335 e. The SMILES string of the molecule is C=C1COC(CC)CCCCOC1=O. The Morgan fingerprint density at radius 2 is 2.29 bits per heavy atom. The van der Waals surface area contributed by atoms with E-state index in [2.05, 4.69) is 13.5 Å². The molecule has 0 saturated carbocycles. The lowest BCUT2D eigenvalue weighted by molar-refractivity contribution is -0.140. The van der Waals surface area contributed by atoms with Gasteiger partial charge in [0.05, 0.1) is 24.9 Å². The summed E-state index contributed by atoms with van der Waals surface area (Å²) < 4.78 is 10.5. The molecule has 3 heteroatoms. The van der Waals surface area contributed by atoms with Crippen LogP contribution in [0.4, 0.5) is 0 Å². The van der Waals surface area contributed by atoms with Crippen LogP contribution in [-0.4, -0.2) is 25.3 Å². The number of rotatable bonds is 1. The van der Waals surface area contributed by atoms with Crippen LogP contribution in [0.2, 0.25) is 0 Å². The number of hydrogen-bond donors (Lipinski definition) is 0. The molecule has 0 aromatic carbocycles. The highest BCUT2D eigenvalue weighted by Crippen LogP contribution is 2.12.